The third-order valence-electron chi connectivity index (χ3n) is 3.85. The topological polar surface area (TPSA) is 32.3 Å². The molecule has 1 fully saturated rings. The Hall–Kier alpha value is -1.07. The Bertz CT molecular complexity index is 429. The van der Waals surface area contributed by atoms with Gasteiger partial charge in [-0.3, -0.25) is 0 Å². The van der Waals surface area contributed by atoms with E-state index in [-0.39, 0.29) is 11.6 Å². The summed E-state index contributed by atoms with van der Waals surface area (Å²) in [5.41, 5.74) is 0.0747. The van der Waals surface area contributed by atoms with Crippen LogP contribution in [-0.2, 0) is 0 Å². The molecule has 1 saturated heterocycles. The number of aliphatic hydroxyl groups excluding tert-OH is 1. The van der Waals surface area contributed by atoms with Crippen LogP contribution >= 0.6 is 0 Å². The predicted molar refractivity (Wildman–Crippen MR) is 66.1 cm³/mol. The summed E-state index contributed by atoms with van der Waals surface area (Å²) in [6, 6.07) is 1.48. The number of hydrogen-bond donors (Lipinski definition) is 2. The van der Waals surface area contributed by atoms with Crippen LogP contribution in [0.15, 0.2) is 12.1 Å². The molecule has 1 aromatic carbocycles. The van der Waals surface area contributed by atoms with Gasteiger partial charge in [-0.25, -0.2) is 13.2 Å². The zero-order valence-electron chi connectivity index (χ0n) is 10.8. The molecule has 0 amide bonds. The number of halogens is 3. The summed E-state index contributed by atoms with van der Waals surface area (Å²) in [7, 11) is 0. The lowest BCUT2D eigenvalue weighted by molar-refractivity contribution is 0.0971. The molecule has 2 nitrogen and oxygen atoms in total. The van der Waals surface area contributed by atoms with E-state index in [2.05, 4.69) is 12.2 Å². The van der Waals surface area contributed by atoms with Crippen molar-refractivity contribution in [2.75, 3.05) is 6.54 Å². The normalized spacial score (nSPS) is 25.3. The van der Waals surface area contributed by atoms with Crippen molar-refractivity contribution in [3.63, 3.8) is 0 Å². The van der Waals surface area contributed by atoms with Crippen LogP contribution < -0.4 is 5.32 Å². The highest BCUT2D eigenvalue weighted by atomic mass is 19.2. The molecule has 1 aromatic rings. The summed E-state index contributed by atoms with van der Waals surface area (Å²) in [5, 5.41) is 13.3. The molecule has 0 aromatic heterocycles. The van der Waals surface area contributed by atoms with Gasteiger partial charge in [0.25, 0.3) is 0 Å². The van der Waals surface area contributed by atoms with E-state index in [1.807, 2.05) is 0 Å². The summed E-state index contributed by atoms with van der Waals surface area (Å²) in [5.74, 6) is -3.54. The van der Waals surface area contributed by atoms with Gasteiger partial charge in [-0.1, -0.05) is 13.3 Å². The van der Waals surface area contributed by atoms with Gasteiger partial charge >= 0.3 is 0 Å². The first kappa shape index (κ1) is 14.3. The Labute approximate surface area is 110 Å². The van der Waals surface area contributed by atoms with Crippen LogP contribution in [0.25, 0.3) is 0 Å². The fraction of sp³-hybridized carbons (Fsp3) is 0.571. The summed E-state index contributed by atoms with van der Waals surface area (Å²) in [6.07, 6.45) is 1.76. The Morgan fingerprint density at radius 1 is 1.32 bits per heavy atom. The van der Waals surface area contributed by atoms with Gasteiger partial charge in [0, 0.05) is 6.04 Å². The molecule has 0 radical (unpaired) electrons. The Morgan fingerprint density at radius 3 is 2.53 bits per heavy atom. The first-order chi connectivity index (χ1) is 9.02. The number of nitrogens with one attached hydrogen (secondary N) is 1. The molecular formula is C14H18F3NO. The molecule has 2 rings (SSSR count). The van der Waals surface area contributed by atoms with Crippen molar-refractivity contribution < 1.29 is 18.3 Å². The molecule has 1 aliphatic rings. The fourth-order valence-electron chi connectivity index (χ4n) is 2.62. The van der Waals surface area contributed by atoms with Gasteiger partial charge in [0.1, 0.15) is 0 Å². The van der Waals surface area contributed by atoms with Gasteiger partial charge in [0.05, 0.1) is 6.10 Å². The number of piperidine rings is 1. The van der Waals surface area contributed by atoms with Crippen LogP contribution in [0.1, 0.15) is 37.9 Å². The number of aliphatic hydroxyl groups is 1. The van der Waals surface area contributed by atoms with E-state index in [1.54, 1.807) is 0 Å². The van der Waals surface area contributed by atoms with E-state index in [0.29, 0.717) is 5.92 Å². The molecule has 0 aliphatic carbocycles. The highest BCUT2D eigenvalue weighted by Gasteiger charge is 2.28. The van der Waals surface area contributed by atoms with Crippen LogP contribution in [0.3, 0.4) is 0 Å². The molecule has 5 heteroatoms. The summed E-state index contributed by atoms with van der Waals surface area (Å²) in [4.78, 5) is 0. The second-order valence-corrected chi connectivity index (χ2v) is 5.10. The van der Waals surface area contributed by atoms with E-state index in [1.165, 1.54) is 0 Å². The van der Waals surface area contributed by atoms with Gasteiger partial charge in [-0.2, -0.15) is 0 Å². The van der Waals surface area contributed by atoms with E-state index in [9.17, 15) is 18.3 Å². The SMILES string of the molecule is CCC1CCNC(C(O)c2cc(F)c(F)c(F)c2)C1. The summed E-state index contributed by atoms with van der Waals surface area (Å²) in [6.45, 7) is 2.85. The van der Waals surface area contributed by atoms with Crippen molar-refractivity contribution >= 4 is 0 Å². The molecule has 0 spiro atoms. The molecule has 2 N–H and O–H groups in total. The summed E-state index contributed by atoms with van der Waals surface area (Å²) >= 11 is 0. The maximum atomic E-state index is 13.2. The van der Waals surface area contributed by atoms with Gasteiger partial charge in [-0.05, 0) is 43.0 Å². The van der Waals surface area contributed by atoms with E-state index in [0.717, 1.165) is 37.9 Å². The highest BCUT2D eigenvalue weighted by Crippen LogP contribution is 2.29. The summed E-state index contributed by atoms with van der Waals surface area (Å²) < 4.78 is 39.2. The third kappa shape index (κ3) is 3.09. The van der Waals surface area contributed by atoms with Crippen molar-refractivity contribution in [3.8, 4) is 0 Å². The van der Waals surface area contributed by atoms with Gasteiger partial charge < -0.3 is 10.4 Å². The average molecular weight is 273 g/mol. The number of rotatable bonds is 3. The standard InChI is InChI=1S/C14H18F3NO/c1-2-8-3-4-18-12(5-8)14(19)9-6-10(15)13(17)11(16)7-9/h6-8,12,14,18-19H,2-5H2,1H3. The Balaban J connectivity index is 2.17. The molecule has 3 atom stereocenters. The minimum absolute atomic E-state index is 0.0747. The Kier molecular flexibility index (Phi) is 4.47. The molecule has 106 valence electrons. The Morgan fingerprint density at radius 2 is 1.95 bits per heavy atom. The third-order valence-corrected chi connectivity index (χ3v) is 3.85. The fourth-order valence-corrected chi connectivity index (χ4v) is 2.62. The lowest BCUT2D eigenvalue weighted by Gasteiger charge is -2.33. The van der Waals surface area contributed by atoms with Crippen LogP contribution in [0.4, 0.5) is 13.2 Å². The molecule has 1 aliphatic heterocycles. The van der Waals surface area contributed by atoms with Crippen LogP contribution in [0.5, 0.6) is 0 Å². The van der Waals surface area contributed by atoms with Gasteiger partial charge in [-0.15, -0.1) is 0 Å². The average Bonchev–Trinajstić information content (AvgIpc) is 2.43. The first-order valence-electron chi connectivity index (χ1n) is 6.58. The van der Waals surface area contributed by atoms with Crippen molar-refractivity contribution in [3.05, 3.63) is 35.1 Å². The minimum atomic E-state index is -1.50. The largest absolute Gasteiger partial charge is 0.387 e. The number of benzene rings is 1. The van der Waals surface area contributed by atoms with E-state index in [4.69, 9.17) is 0 Å². The monoisotopic (exact) mass is 273 g/mol. The maximum Gasteiger partial charge on any atom is 0.194 e. The van der Waals surface area contributed by atoms with Crippen molar-refractivity contribution in [2.45, 2.75) is 38.3 Å². The molecule has 1 heterocycles. The van der Waals surface area contributed by atoms with Crippen molar-refractivity contribution in [1.29, 1.82) is 0 Å². The molecule has 0 saturated carbocycles. The van der Waals surface area contributed by atoms with Crippen LogP contribution in [0.2, 0.25) is 0 Å². The van der Waals surface area contributed by atoms with Crippen molar-refractivity contribution in [1.82, 2.24) is 5.32 Å². The van der Waals surface area contributed by atoms with Crippen LogP contribution in [0, 0.1) is 23.4 Å². The molecular weight excluding hydrogens is 255 g/mol. The van der Waals surface area contributed by atoms with E-state index < -0.39 is 23.6 Å². The van der Waals surface area contributed by atoms with E-state index >= 15 is 0 Å². The maximum absolute atomic E-state index is 13.2. The molecule has 3 unspecified atom stereocenters. The van der Waals surface area contributed by atoms with Gasteiger partial charge in [0.15, 0.2) is 17.5 Å². The second kappa shape index (κ2) is 5.92. The minimum Gasteiger partial charge on any atom is -0.387 e. The highest BCUT2D eigenvalue weighted by molar-refractivity contribution is 5.23. The van der Waals surface area contributed by atoms with Gasteiger partial charge in [0.2, 0.25) is 0 Å². The zero-order valence-corrected chi connectivity index (χ0v) is 10.8. The quantitative estimate of drug-likeness (QED) is 0.830. The first-order valence-corrected chi connectivity index (χ1v) is 6.58. The van der Waals surface area contributed by atoms with Crippen molar-refractivity contribution in [2.24, 2.45) is 5.92 Å². The number of hydrogen-bond acceptors (Lipinski definition) is 2. The second-order valence-electron chi connectivity index (χ2n) is 5.10. The molecule has 19 heavy (non-hydrogen) atoms. The lowest BCUT2D eigenvalue weighted by atomic mass is 9.86. The predicted octanol–water partition coefficient (Wildman–Crippen LogP) is 2.92. The smallest absolute Gasteiger partial charge is 0.194 e. The lowest BCUT2D eigenvalue weighted by Crippen LogP contribution is -2.42. The zero-order chi connectivity index (χ0) is 14.0. The molecule has 0 bridgehead atoms. The van der Waals surface area contributed by atoms with Crippen LogP contribution in [-0.4, -0.2) is 17.7 Å².